The number of hydrogen-bond donors (Lipinski definition) is 4. The molecule has 1 saturated heterocycles. The highest BCUT2D eigenvalue weighted by molar-refractivity contribution is 5.75. The number of nitrogens with zero attached hydrogens (tertiary/aromatic N) is 1. The third-order valence-electron chi connectivity index (χ3n) is 12.7. The molecule has 4 aromatic rings. The number of carbonyl (C=O) groups is 1. The Morgan fingerprint density at radius 1 is 0.796 bits per heavy atom. The highest BCUT2D eigenvalue weighted by Crippen LogP contribution is 2.55. The molecule has 1 aliphatic heterocycles. The van der Waals surface area contributed by atoms with Crippen LogP contribution >= 0.6 is 0 Å². The van der Waals surface area contributed by atoms with Crippen molar-refractivity contribution in [2.45, 2.75) is 101 Å². The van der Waals surface area contributed by atoms with Crippen molar-refractivity contribution in [2.75, 3.05) is 13.6 Å². The van der Waals surface area contributed by atoms with E-state index in [1.807, 2.05) is 86.8 Å². The maximum atomic E-state index is 13.2. The molecule has 5 aliphatic rings. The predicted octanol–water partition coefficient (Wildman–Crippen LogP) is 8.21. The zero-order valence-corrected chi connectivity index (χ0v) is 31.6. The molecule has 0 unspecified atom stereocenters. The minimum absolute atomic E-state index is 0.00825. The quantitative estimate of drug-likeness (QED) is 0.117. The van der Waals surface area contributed by atoms with Gasteiger partial charge in [0, 0.05) is 36.7 Å². The van der Waals surface area contributed by atoms with Gasteiger partial charge in [0.25, 0.3) is 0 Å². The van der Waals surface area contributed by atoms with Crippen molar-refractivity contribution in [1.29, 1.82) is 0 Å². The fraction of sp³-hybridized carbons (Fsp3) is 0.457. The van der Waals surface area contributed by atoms with Crippen LogP contribution < -0.4 is 10.6 Å². The number of likely N-dealkylation sites (N-methyl/N-ethyl adjacent to an activating group) is 1. The van der Waals surface area contributed by atoms with Gasteiger partial charge >= 0.3 is 6.03 Å². The summed E-state index contributed by atoms with van der Waals surface area (Å²) < 4.78 is 13.4. The molecule has 5 fully saturated rings. The van der Waals surface area contributed by atoms with E-state index in [9.17, 15) is 15.0 Å². The summed E-state index contributed by atoms with van der Waals surface area (Å²) in [4.78, 5) is 15.4. The molecule has 0 aromatic heterocycles. The van der Waals surface area contributed by atoms with Gasteiger partial charge in [-0.3, -0.25) is 4.90 Å². The maximum absolute atomic E-state index is 13.2. The van der Waals surface area contributed by atoms with E-state index in [1.165, 1.54) is 19.3 Å². The number of aliphatic hydroxyl groups excluding tert-OH is 2. The van der Waals surface area contributed by atoms with Gasteiger partial charge in [-0.05, 0) is 116 Å². The van der Waals surface area contributed by atoms with Gasteiger partial charge in [0.1, 0.15) is 0 Å². The Hall–Kier alpha value is -4.05. The summed E-state index contributed by atoms with van der Waals surface area (Å²) in [6, 6.07) is 34.2. The van der Waals surface area contributed by atoms with Gasteiger partial charge in [0.2, 0.25) is 0 Å². The third-order valence-corrected chi connectivity index (χ3v) is 12.7. The van der Waals surface area contributed by atoms with Gasteiger partial charge < -0.3 is 30.3 Å². The molecule has 54 heavy (non-hydrogen) atoms. The number of carbonyl (C=O) groups excluding carboxylic acids is 1. The largest absolute Gasteiger partial charge is 0.392 e. The normalized spacial score (nSPS) is 28.5. The van der Waals surface area contributed by atoms with Crippen LogP contribution in [-0.4, -0.2) is 52.4 Å². The highest BCUT2D eigenvalue weighted by atomic mass is 16.7. The van der Waals surface area contributed by atoms with Crippen molar-refractivity contribution in [3.63, 3.8) is 0 Å². The van der Waals surface area contributed by atoms with E-state index in [0.29, 0.717) is 19.5 Å². The molecule has 284 valence electrons. The van der Waals surface area contributed by atoms with E-state index < -0.39 is 12.4 Å². The Bertz CT molecular complexity index is 1850. The van der Waals surface area contributed by atoms with Crippen molar-refractivity contribution in [1.82, 2.24) is 15.5 Å². The first-order valence-corrected chi connectivity index (χ1v) is 19.9. The maximum Gasteiger partial charge on any atom is 0.315 e. The number of hydrogen-bond acceptors (Lipinski definition) is 6. The first kappa shape index (κ1) is 36.9. The van der Waals surface area contributed by atoms with Crippen molar-refractivity contribution >= 4 is 6.03 Å². The van der Waals surface area contributed by atoms with E-state index in [0.717, 1.165) is 76.0 Å². The molecule has 5 atom stereocenters. The van der Waals surface area contributed by atoms with Crippen LogP contribution in [-0.2, 0) is 22.6 Å². The number of ether oxygens (including phenoxy) is 2. The van der Waals surface area contributed by atoms with Gasteiger partial charge in [-0.25, -0.2) is 4.79 Å². The van der Waals surface area contributed by atoms with E-state index >= 15 is 0 Å². The van der Waals surface area contributed by atoms with E-state index in [4.69, 9.17) is 9.47 Å². The van der Waals surface area contributed by atoms with Crippen molar-refractivity contribution in [3.05, 3.63) is 131 Å². The molecule has 4 N–H and O–H groups in total. The fourth-order valence-electron chi connectivity index (χ4n) is 10.1. The molecule has 4 saturated carbocycles. The number of urea groups is 1. The summed E-state index contributed by atoms with van der Waals surface area (Å²) >= 11 is 0. The number of amides is 2. The fourth-order valence-corrected chi connectivity index (χ4v) is 10.1. The average molecular weight is 730 g/mol. The average Bonchev–Trinajstić information content (AvgIpc) is 3.19. The van der Waals surface area contributed by atoms with Gasteiger partial charge in [0.05, 0.1) is 24.9 Å². The number of aliphatic hydroxyl groups is 2. The topological polar surface area (TPSA) is 103 Å². The number of nitrogens with one attached hydrogen (secondary N) is 2. The van der Waals surface area contributed by atoms with Crippen LogP contribution in [0.5, 0.6) is 0 Å². The Balaban J connectivity index is 0.956. The van der Waals surface area contributed by atoms with Crippen molar-refractivity contribution in [3.8, 4) is 11.1 Å². The molecular weight excluding hydrogens is 675 g/mol. The summed E-state index contributed by atoms with van der Waals surface area (Å²) in [5, 5.41) is 27.4. The minimum Gasteiger partial charge on any atom is -0.392 e. The zero-order chi connectivity index (χ0) is 37.2. The molecule has 4 bridgehead atoms. The second-order valence-electron chi connectivity index (χ2n) is 16.7. The molecule has 4 aromatic carbocycles. The summed E-state index contributed by atoms with van der Waals surface area (Å²) in [5.41, 5.74) is 6.85. The lowest BCUT2D eigenvalue weighted by atomic mass is 9.53. The van der Waals surface area contributed by atoms with Gasteiger partial charge in [-0.15, -0.1) is 0 Å². The third kappa shape index (κ3) is 8.28. The highest BCUT2D eigenvalue weighted by Gasteiger charge is 2.51. The van der Waals surface area contributed by atoms with Crippen molar-refractivity contribution in [2.24, 2.45) is 17.8 Å². The molecule has 0 radical (unpaired) electrons. The second-order valence-corrected chi connectivity index (χ2v) is 16.7. The second kappa shape index (κ2) is 16.0. The van der Waals surface area contributed by atoms with Crippen LogP contribution in [0.2, 0.25) is 0 Å². The summed E-state index contributed by atoms with van der Waals surface area (Å²) in [7, 11) is 2.03. The SMILES string of the molecule is C[C@@H]([C@H](O)c1ccccc1)N(C)C[C@@H]1C[C@H](c2ccc(CO)cc2)O[C@H](c2cccc(-c3cccc(CNC(=O)NC45CC6CC(CC(C6)C4)C5)c3)c2)O1. The zero-order valence-electron chi connectivity index (χ0n) is 31.6. The molecular formula is C46H55N3O5. The van der Waals surface area contributed by atoms with Gasteiger partial charge in [-0.2, -0.15) is 0 Å². The molecule has 9 rings (SSSR count). The van der Waals surface area contributed by atoms with Gasteiger partial charge in [0.15, 0.2) is 6.29 Å². The molecule has 1 heterocycles. The Morgan fingerprint density at radius 2 is 1.46 bits per heavy atom. The lowest BCUT2D eigenvalue weighted by Crippen LogP contribution is -2.61. The van der Waals surface area contributed by atoms with E-state index in [-0.39, 0.29) is 36.4 Å². The lowest BCUT2D eigenvalue weighted by Gasteiger charge is -2.56. The monoisotopic (exact) mass is 729 g/mol. The summed E-state index contributed by atoms with van der Waals surface area (Å²) in [5.74, 6) is 2.35. The van der Waals surface area contributed by atoms with Gasteiger partial charge in [-0.1, -0.05) is 91.0 Å². The summed E-state index contributed by atoms with van der Waals surface area (Å²) in [6.45, 7) is 3.11. The molecule has 8 nitrogen and oxygen atoms in total. The van der Waals surface area contributed by atoms with E-state index in [2.05, 4.69) is 45.9 Å². The van der Waals surface area contributed by atoms with Crippen LogP contribution in [0, 0.1) is 17.8 Å². The van der Waals surface area contributed by atoms with Crippen molar-refractivity contribution < 1.29 is 24.5 Å². The smallest absolute Gasteiger partial charge is 0.315 e. The first-order chi connectivity index (χ1) is 26.2. The standard InChI is InChI=1S/C46H55N3O5/c1-30(43(51)37-9-4-3-5-10-37)49(2)28-41-23-42(36-16-14-31(29-50)15-17-36)54-44(53-41)40-13-7-12-39(22-40)38-11-6-8-32(21-38)27-47-45(52)48-46-24-33-18-34(25-46)20-35(19-33)26-46/h3-17,21-22,30,33-35,41-44,50-51H,18-20,23-29H2,1-2H3,(H2,47,48,52)/t30-,33?,34?,35?,41-,42+,43-,44+,46?/m0/s1. The number of rotatable bonds is 12. The molecule has 2 amide bonds. The Morgan fingerprint density at radius 3 is 2.15 bits per heavy atom. The Labute approximate surface area is 319 Å². The van der Waals surface area contributed by atoms with Crippen LogP contribution in [0.4, 0.5) is 4.79 Å². The lowest BCUT2D eigenvalue weighted by molar-refractivity contribution is -0.253. The molecule has 4 aliphatic carbocycles. The predicted molar refractivity (Wildman–Crippen MR) is 210 cm³/mol. The van der Waals surface area contributed by atoms with E-state index in [1.54, 1.807) is 0 Å². The van der Waals surface area contributed by atoms with Crippen LogP contribution in [0.3, 0.4) is 0 Å². The number of benzene rings is 4. The summed E-state index contributed by atoms with van der Waals surface area (Å²) in [6.07, 6.45) is 6.51. The minimum atomic E-state index is -0.632. The van der Waals surface area contributed by atoms with Crippen LogP contribution in [0.25, 0.3) is 11.1 Å². The molecule has 0 spiro atoms. The van der Waals surface area contributed by atoms with Crippen LogP contribution in [0.1, 0.15) is 98.2 Å². The molecule has 8 heteroatoms. The Kier molecular flexibility index (Phi) is 10.9. The first-order valence-electron chi connectivity index (χ1n) is 19.9. The van der Waals surface area contributed by atoms with Crippen LogP contribution in [0.15, 0.2) is 103 Å².